The lowest BCUT2D eigenvalue weighted by Crippen LogP contribution is -2.55. The summed E-state index contributed by atoms with van der Waals surface area (Å²) in [5, 5.41) is 11.6. The molecule has 0 aromatic heterocycles. The molecule has 0 amide bonds. The number of hydrogen-bond donors (Lipinski definition) is 0. The van der Waals surface area contributed by atoms with Crippen molar-refractivity contribution in [2.45, 2.75) is 50.9 Å². The second-order valence-corrected chi connectivity index (χ2v) is 4.38. The van der Waals surface area contributed by atoms with Crippen molar-refractivity contribution in [3.63, 3.8) is 0 Å². The maximum Gasteiger partial charge on any atom is 0.408 e. The fraction of sp³-hybridized carbons (Fsp3) is 1.00. The predicted octanol–water partition coefficient (Wildman–Crippen LogP) is 2.53. The van der Waals surface area contributed by atoms with Crippen LogP contribution >= 0.6 is 0 Å². The zero-order chi connectivity index (χ0) is 10.5. The normalized spacial score (nSPS) is 35.3. The highest BCUT2D eigenvalue weighted by Crippen LogP contribution is 2.48. The molecule has 13 heavy (non-hydrogen) atoms. The van der Waals surface area contributed by atoms with Crippen LogP contribution in [0.1, 0.15) is 33.6 Å². The first-order chi connectivity index (χ1) is 5.61. The largest absolute Gasteiger partial charge is 0.408 e. The smallest absolute Gasteiger partial charge is 0.169 e. The topological polar surface area (TPSA) is 23.1 Å². The number of nitrogens with zero attached hydrogens (tertiary/aromatic N) is 1. The second-order valence-electron chi connectivity index (χ2n) is 4.38. The Kier molecular flexibility index (Phi) is 2.16. The van der Waals surface area contributed by atoms with Gasteiger partial charge in [-0.15, -0.1) is 10.3 Å². The van der Waals surface area contributed by atoms with Crippen molar-refractivity contribution in [2.24, 2.45) is 0 Å². The summed E-state index contributed by atoms with van der Waals surface area (Å²) in [6.45, 7) is 4.04. The molecule has 0 aromatic carbocycles. The fourth-order valence-corrected chi connectivity index (χ4v) is 1.68. The van der Waals surface area contributed by atoms with Crippen LogP contribution in [-0.2, 0) is 5.21 Å². The molecule has 0 bridgehead atoms. The molecule has 0 spiro atoms. The highest BCUT2D eigenvalue weighted by Gasteiger charge is 2.63. The molecule has 1 aliphatic rings. The van der Waals surface area contributed by atoms with E-state index in [1.165, 1.54) is 13.8 Å². The first kappa shape index (κ1) is 10.8. The molecule has 1 atom stereocenters. The minimum atomic E-state index is -4.44. The lowest BCUT2D eigenvalue weighted by atomic mass is 9.99. The highest BCUT2D eigenvalue weighted by atomic mass is 19.4. The molecule has 0 N–H and O–H groups in total. The summed E-state index contributed by atoms with van der Waals surface area (Å²) in [7, 11) is 0. The zero-order valence-electron chi connectivity index (χ0n) is 7.90. The summed E-state index contributed by atoms with van der Waals surface area (Å²) in [6.07, 6.45) is -4.28. The van der Waals surface area contributed by atoms with Crippen molar-refractivity contribution in [3.05, 3.63) is 0 Å². The minimum Gasteiger partial charge on any atom is -0.169 e. The molecule has 1 fully saturated rings. The van der Waals surface area contributed by atoms with Crippen LogP contribution < -0.4 is 0 Å². The van der Waals surface area contributed by atoms with E-state index < -0.39 is 17.3 Å². The van der Waals surface area contributed by atoms with Crippen LogP contribution in [0.3, 0.4) is 0 Å². The van der Waals surface area contributed by atoms with Crippen LogP contribution in [0.15, 0.2) is 0 Å². The Hall–Kier alpha value is -0.290. The lowest BCUT2D eigenvalue weighted by Gasteiger charge is -2.35. The molecule has 0 aliphatic carbocycles. The molecule has 1 heterocycles. The summed E-state index contributed by atoms with van der Waals surface area (Å²) < 4.78 is 37.5. The van der Waals surface area contributed by atoms with Crippen LogP contribution in [0.5, 0.6) is 0 Å². The first-order valence-corrected chi connectivity index (χ1v) is 4.15. The number of halogens is 3. The third kappa shape index (κ3) is 1.44. The Labute approximate surface area is 75.3 Å². The third-order valence-electron chi connectivity index (χ3n) is 2.83. The van der Waals surface area contributed by atoms with Gasteiger partial charge in [-0.1, -0.05) is 0 Å². The Morgan fingerprint density at radius 2 is 1.62 bits per heavy atom. The lowest BCUT2D eigenvalue weighted by molar-refractivity contribution is -0.330. The number of alkyl halides is 3. The standard InChI is InChI=1S/C8H13F3NO/c1-6(2)4-5-7(3,12(6)13)8(9,10)11/h4-5H2,1-3H3. The summed E-state index contributed by atoms with van der Waals surface area (Å²) in [5.41, 5.74) is -3.10. The Morgan fingerprint density at radius 3 is 1.77 bits per heavy atom. The van der Waals surface area contributed by atoms with Gasteiger partial charge in [0.25, 0.3) is 0 Å². The summed E-state index contributed by atoms with van der Waals surface area (Å²) in [6, 6.07) is 0. The fourth-order valence-electron chi connectivity index (χ4n) is 1.68. The van der Waals surface area contributed by atoms with Gasteiger partial charge in [0.1, 0.15) is 5.54 Å². The Morgan fingerprint density at radius 1 is 1.15 bits per heavy atom. The van der Waals surface area contributed by atoms with Crippen LogP contribution in [0.4, 0.5) is 13.2 Å². The first-order valence-electron chi connectivity index (χ1n) is 4.15. The van der Waals surface area contributed by atoms with E-state index in [-0.39, 0.29) is 17.9 Å². The van der Waals surface area contributed by atoms with Crippen LogP contribution in [-0.4, -0.2) is 22.3 Å². The Balaban J connectivity index is 2.97. The average molecular weight is 196 g/mol. The molecular weight excluding hydrogens is 183 g/mol. The van der Waals surface area contributed by atoms with Crippen molar-refractivity contribution in [1.29, 1.82) is 0 Å². The van der Waals surface area contributed by atoms with Crippen LogP contribution in [0.2, 0.25) is 0 Å². The number of hydrogen-bond acceptors (Lipinski definition) is 1. The van der Waals surface area contributed by atoms with Gasteiger partial charge < -0.3 is 0 Å². The number of rotatable bonds is 0. The molecule has 1 saturated heterocycles. The van der Waals surface area contributed by atoms with E-state index >= 15 is 0 Å². The van der Waals surface area contributed by atoms with Gasteiger partial charge in [0.15, 0.2) is 0 Å². The minimum absolute atomic E-state index is 0.118. The zero-order valence-corrected chi connectivity index (χ0v) is 7.90. The van der Waals surface area contributed by atoms with Gasteiger partial charge in [-0.2, -0.15) is 13.2 Å². The quantitative estimate of drug-likeness (QED) is 0.583. The van der Waals surface area contributed by atoms with E-state index in [4.69, 9.17) is 0 Å². The molecule has 0 aromatic rings. The van der Waals surface area contributed by atoms with Crippen molar-refractivity contribution < 1.29 is 18.4 Å². The summed E-state index contributed by atoms with van der Waals surface area (Å²) in [4.78, 5) is 0. The predicted molar refractivity (Wildman–Crippen MR) is 40.3 cm³/mol. The molecule has 5 heteroatoms. The Bertz CT molecular complexity index is 214. The van der Waals surface area contributed by atoms with Gasteiger partial charge in [0.05, 0.1) is 0 Å². The molecule has 1 aliphatic heterocycles. The van der Waals surface area contributed by atoms with E-state index in [2.05, 4.69) is 0 Å². The average Bonchev–Trinajstić information content (AvgIpc) is 2.14. The SMILES string of the molecule is CC1(C)CCC(C)(C(F)(F)F)N1[O]. The maximum atomic E-state index is 12.5. The monoisotopic (exact) mass is 196 g/mol. The van der Waals surface area contributed by atoms with Crippen molar-refractivity contribution in [3.8, 4) is 0 Å². The van der Waals surface area contributed by atoms with Crippen molar-refractivity contribution in [2.75, 3.05) is 0 Å². The van der Waals surface area contributed by atoms with Gasteiger partial charge >= 0.3 is 6.18 Å². The van der Waals surface area contributed by atoms with Crippen LogP contribution in [0, 0.1) is 0 Å². The molecule has 1 radical (unpaired) electrons. The summed E-state index contributed by atoms with van der Waals surface area (Å²) >= 11 is 0. The molecule has 77 valence electrons. The van der Waals surface area contributed by atoms with E-state index in [9.17, 15) is 18.4 Å². The molecule has 1 rings (SSSR count). The van der Waals surface area contributed by atoms with Gasteiger partial charge in [-0.3, -0.25) is 0 Å². The van der Waals surface area contributed by atoms with Gasteiger partial charge in [0.2, 0.25) is 0 Å². The van der Waals surface area contributed by atoms with E-state index in [0.29, 0.717) is 0 Å². The molecule has 0 saturated carbocycles. The van der Waals surface area contributed by atoms with Crippen LogP contribution in [0.25, 0.3) is 0 Å². The maximum absolute atomic E-state index is 12.5. The summed E-state index contributed by atoms with van der Waals surface area (Å²) in [5.74, 6) is 0. The number of hydroxylamine groups is 2. The van der Waals surface area contributed by atoms with Gasteiger partial charge in [-0.25, -0.2) is 0 Å². The molecule has 1 unspecified atom stereocenters. The van der Waals surface area contributed by atoms with Crippen molar-refractivity contribution in [1.82, 2.24) is 5.06 Å². The third-order valence-corrected chi connectivity index (χ3v) is 2.83. The van der Waals surface area contributed by atoms with Gasteiger partial charge in [0, 0.05) is 5.54 Å². The second kappa shape index (κ2) is 2.60. The highest BCUT2D eigenvalue weighted by molar-refractivity contribution is 5.02. The molecular formula is C8H13F3NO. The van der Waals surface area contributed by atoms with Crippen molar-refractivity contribution >= 4 is 0 Å². The molecule has 2 nitrogen and oxygen atoms in total. The van der Waals surface area contributed by atoms with E-state index in [0.717, 1.165) is 6.92 Å². The van der Waals surface area contributed by atoms with E-state index in [1.54, 1.807) is 0 Å². The van der Waals surface area contributed by atoms with E-state index in [1.807, 2.05) is 0 Å². The van der Waals surface area contributed by atoms with Gasteiger partial charge in [-0.05, 0) is 33.6 Å².